The SMILES string of the molecule is O=C1c2ccc3c4ncc5c6c(ccc(c7ncc(c2c37)C(=O)N1CCCc1ccccc1)c64)C(=O)N(CCCc1ccccc1)C5=O. The number of fused-ring (bicyclic) bond motifs is 2. The van der Waals surface area contributed by atoms with Crippen LogP contribution in [-0.2, 0) is 12.8 Å². The van der Waals surface area contributed by atoms with Gasteiger partial charge in [0.25, 0.3) is 23.6 Å². The lowest BCUT2D eigenvalue weighted by molar-refractivity contribution is 0.0593. The molecular weight excluding hydrogens is 600 g/mol. The normalized spacial score (nSPS) is 14.4. The van der Waals surface area contributed by atoms with Crippen molar-refractivity contribution in [2.24, 2.45) is 0 Å². The van der Waals surface area contributed by atoms with Gasteiger partial charge in [-0.05, 0) is 48.9 Å². The van der Waals surface area contributed by atoms with E-state index in [4.69, 9.17) is 9.97 Å². The molecule has 7 aromatic rings. The van der Waals surface area contributed by atoms with Gasteiger partial charge in [0.2, 0.25) is 0 Å². The molecule has 0 N–H and O–H groups in total. The van der Waals surface area contributed by atoms with Gasteiger partial charge >= 0.3 is 0 Å². The Balaban J connectivity index is 1.12. The van der Waals surface area contributed by atoms with E-state index < -0.39 is 0 Å². The zero-order valence-corrected chi connectivity index (χ0v) is 25.9. The standard InChI is InChI=1S/C40H28N4O4/c45-37-27-17-15-25-33-31(27)29(39(47)43(37)19-7-13-23-9-3-1-4-10-23)21-41-35(33)26-16-18-28-32-30(22-42-36(25)34(26)32)40(48)44(38(28)46)20-8-14-24-11-5-2-6-12-24/h1-6,9-12,15-18,21-22H,7-8,13-14,19-20H2. The molecule has 48 heavy (non-hydrogen) atoms. The molecule has 0 radical (unpaired) electrons. The smallest absolute Gasteiger partial charge is 0.262 e. The van der Waals surface area contributed by atoms with Crippen molar-refractivity contribution in [2.75, 3.05) is 13.1 Å². The number of amides is 4. The molecule has 2 aliphatic rings. The summed E-state index contributed by atoms with van der Waals surface area (Å²) in [7, 11) is 0. The van der Waals surface area contributed by atoms with E-state index in [0.717, 1.165) is 34.7 Å². The largest absolute Gasteiger partial charge is 0.274 e. The molecule has 2 aliphatic heterocycles. The van der Waals surface area contributed by atoms with E-state index in [0.29, 0.717) is 80.8 Å². The average Bonchev–Trinajstić information content (AvgIpc) is 3.12. The van der Waals surface area contributed by atoms with E-state index in [9.17, 15) is 19.2 Å². The van der Waals surface area contributed by atoms with Crippen molar-refractivity contribution in [3.63, 3.8) is 0 Å². The Kier molecular flexibility index (Phi) is 6.33. The van der Waals surface area contributed by atoms with Gasteiger partial charge in [0.1, 0.15) is 0 Å². The maximum absolute atomic E-state index is 13.8. The lowest BCUT2D eigenvalue weighted by atomic mass is 9.86. The fourth-order valence-electron chi connectivity index (χ4n) is 7.60. The molecule has 0 atom stereocenters. The van der Waals surface area contributed by atoms with Crippen LogP contribution in [0.2, 0.25) is 0 Å². The number of rotatable bonds is 8. The summed E-state index contributed by atoms with van der Waals surface area (Å²) in [4.78, 5) is 67.4. The number of imide groups is 2. The zero-order chi connectivity index (χ0) is 32.5. The van der Waals surface area contributed by atoms with Crippen molar-refractivity contribution in [1.29, 1.82) is 0 Å². The van der Waals surface area contributed by atoms with Crippen LogP contribution in [0, 0.1) is 0 Å². The minimum absolute atomic E-state index is 0.303. The first-order valence-corrected chi connectivity index (χ1v) is 16.2. The monoisotopic (exact) mass is 628 g/mol. The highest BCUT2D eigenvalue weighted by molar-refractivity contribution is 6.39. The fraction of sp³-hybridized carbons (Fsp3) is 0.150. The molecule has 8 heteroatoms. The van der Waals surface area contributed by atoms with Gasteiger partial charge in [-0.15, -0.1) is 0 Å². The molecule has 8 nitrogen and oxygen atoms in total. The maximum Gasteiger partial charge on any atom is 0.262 e. The summed E-state index contributed by atoms with van der Waals surface area (Å²) in [6.45, 7) is 0.606. The molecule has 0 unspecified atom stereocenters. The summed E-state index contributed by atoms with van der Waals surface area (Å²) in [5.41, 5.74) is 5.19. The molecule has 0 bridgehead atoms. The van der Waals surface area contributed by atoms with Gasteiger partial charge in [-0.2, -0.15) is 0 Å². The molecule has 0 fully saturated rings. The third-order valence-corrected chi connectivity index (χ3v) is 9.86. The van der Waals surface area contributed by atoms with Gasteiger partial charge in [-0.1, -0.05) is 72.8 Å². The first kappa shape index (κ1) is 28.2. The Hall–Kier alpha value is -6.02. The summed E-state index contributed by atoms with van der Waals surface area (Å²) < 4.78 is 0. The lowest BCUT2D eigenvalue weighted by Gasteiger charge is -2.29. The summed E-state index contributed by atoms with van der Waals surface area (Å²) in [5, 5.41) is 3.97. The molecule has 232 valence electrons. The molecule has 0 spiro atoms. The molecular formula is C40H28N4O4. The molecule has 0 saturated heterocycles. The Morgan fingerprint density at radius 2 is 0.833 bits per heavy atom. The summed E-state index contributed by atoms with van der Waals surface area (Å²) in [6, 6.07) is 27.2. The third kappa shape index (κ3) is 4.08. The Bertz CT molecular complexity index is 2200. The third-order valence-electron chi connectivity index (χ3n) is 9.86. The second kappa shape index (κ2) is 10.8. The molecule has 4 amide bonds. The highest BCUT2D eigenvalue weighted by Crippen LogP contribution is 2.44. The van der Waals surface area contributed by atoms with Crippen molar-refractivity contribution < 1.29 is 19.2 Å². The minimum atomic E-state index is -0.357. The number of aryl methyl sites for hydroxylation is 2. The molecule has 5 aromatic carbocycles. The fourth-order valence-corrected chi connectivity index (χ4v) is 7.60. The van der Waals surface area contributed by atoms with Crippen LogP contribution in [0.1, 0.15) is 65.4 Å². The van der Waals surface area contributed by atoms with Crippen LogP contribution in [0.25, 0.3) is 43.4 Å². The molecule has 9 rings (SSSR count). The van der Waals surface area contributed by atoms with E-state index in [1.807, 2.05) is 72.8 Å². The topological polar surface area (TPSA) is 101 Å². The van der Waals surface area contributed by atoms with Crippen molar-refractivity contribution in [2.45, 2.75) is 25.7 Å². The van der Waals surface area contributed by atoms with Crippen LogP contribution in [0.5, 0.6) is 0 Å². The quantitative estimate of drug-likeness (QED) is 0.102. The van der Waals surface area contributed by atoms with E-state index in [2.05, 4.69) is 0 Å². The first-order valence-electron chi connectivity index (χ1n) is 16.2. The molecule has 4 heterocycles. The minimum Gasteiger partial charge on any atom is -0.274 e. The van der Waals surface area contributed by atoms with Crippen LogP contribution in [0.4, 0.5) is 0 Å². The van der Waals surface area contributed by atoms with Crippen LogP contribution < -0.4 is 0 Å². The summed E-state index contributed by atoms with van der Waals surface area (Å²) in [6.07, 6.45) is 5.92. The summed E-state index contributed by atoms with van der Waals surface area (Å²) in [5.74, 6) is -1.36. The zero-order valence-electron chi connectivity index (χ0n) is 25.9. The van der Waals surface area contributed by atoms with Crippen molar-refractivity contribution in [3.8, 4) is 0 Å². The predicted octanol–water partition coefficient (Wildman–Crippen LogP) is 6.98. The highest BCUT2D eigenvalue weighted by Gasteiger charge is 2.37. The van der Waals surface area contributed by atoms with Crippen LogP contribution in [0.15, 0.2) is 97.3 Å². The summed E-state index contributed by atoms with van der Waals surface area (Å²) >= 11 is 0. The van der Waals surface area contributed by atoms with Crippen LogP contribution in [0.3, 0.4) is 0 Å². The van der Waals surface area contributed by atoms with Gasteiger partial charge < -0.3 is 0 Å². The Morgan fingerprint density at radius 3 is 1.25 bits per heavy atom. The van der Waals surface area contributed by atoms with Gasteiger partial charge in [-0.25, -0.2) is 0 Å². The number of benzene rings is 5. The predicted molar refractivity (Wildman–Crippen MR) is 184 cm³/mol. The Labute approximate surface area is 274 Å². The average molecular weight is 629 g/mol. The number of aromatic nitrogens is 2. The number of pyridine rings is 2. The molecule has 0 aliphatic carbocycles. The van der Waals surface area contributed by atoms with Crippen LogP contribution >= 0.6 is 0 Å². The maximum atomic E-state index is 13.8. The second-order valence-corrected chi connectivity index (χ2v) is 12.6. The van der Waals surface area contributed by atoms with Crippen molar-refractivity contribution >= 4 is 67.0 Å². The van der Waals surface area contributed by atoms with Gasteiger partial charge in [-0.3, -0.25) is 38.9 Å². The number of hydrogen-bond acceptors (Lipinski definition) is 6. The second-order valence-electron chi connectivity index (χ2n) is 12.6. The van der Waals surface area contributed by atoms with E-state index in [-0.39, 0.29) is 23.6 Å². The van der Waals surface area contributed by atoms with Gasteiger partial charge in [0, 0.05) is 68.9 Å². The molecule has 2 aromatic heterocycles. The molecule has 0 saturated carbocycles. The number of hydrogen-bond donors (Lipinski definition) is 0. The Morgan fingerprint density at radius 1 is 0.438 bits per heavy atom. The van der Waals surface area contributed by atoms with E-state index in [1.165, 1.54) is 9.80 Å². The van der Waals surface area contributed by atoms with E-state index in [1.54, 1.807) is 24.5 Å². The van der Waals surface area contributed by atoms with Gasteiger partial charge in [0.05, 0.1) is 22.2 Å². The van der Waals surface area contributed by atoms with Crippen molar-refractivity contribution in [3.05, 3.63) is 131 Å². The van der Waals surface area contributed by atoms with Gasteiger partial charge in [0.15, 0.2) is 0 Å². The van der Waals surface area contributed by atoms with E-state index >= 15 is 0 Å². The number of carbonyl (C=O) groups excluding carboxylic acids is 4. The number of nitrogens with zero attached hydrogens (tertiary/aromatic N) is 4. The van der Waals surface area contributed by atoms with Crippen LogP contribution in [-0.4, -0.2) is 56.5 Å². The van der Waals surface area contributed by atoms with Crippen molar-refractivity contribution in [1.82, 2.24) is 19.8 Å². The number of carbonyl (C=O) groups is 4. The lowest BCUT2D eigenvalue weighted by Crippen LogP contribution is -2.41. The first-order chi connectivity index (χ1) is 23.5. The highest BCUT2D eigenvalue weighted by atomic mass is 16.2.